The number of methoxy groups -OCH3 is 2. The van der Waals surface area contributed by atoms with Crippen LogP contribution < -0.4 is 9.47 Å². The SMILES string of the molecule is COc1ccc(O)cc1.COc1ccccc1O. The molecule has 18 heavy (non-hydrogen) atoms. The van der Waals surface area contributed by atoms with Crippen LogP contribution in [-0.4, -0.2) is 24.4 Å². The molecule has 0 saturated heterocycles. The maximum Gasteiger partial charge on any atom is 0.160 e. The van der Waals surface area contributed by atoms with E-state index < -0.39 is 0 Å². The first-order valence-corrected chi connectivity index (χ1v) is 5.32. The third-order valence-electron chi connectivity index (χ3n) is 2.16. The minimum atomic E-state index is 0.181. The Morgan fingerprint density at radius 1 is 0.778 bits per heavy atom. The molecule has 0 atom stereocenters. The van der Waals surface area contributed by atoms with Crippen LogP contribution >= 0.6 is 0 Å². The maximum absolute atomic E-state index is 8.99. The summed E-state index contributed by atoms with van der Waals surface area (Å²) in [4.78, 5) is 0. The van der Waals surface area contributed by atoms with Gasteiger partial charge in [-0.1, -0.05) is 12.1 Å². The van der Waals surface area contributed by atoms with E-state index in [0.29, 0.717) is 5.75 Å². The molecule has 0 spiro atoms. The average molecular weight is 248 g/mol. The van der Waals surface area contributed by atoms with E-state index >= 15 is 0 Å². The van der Waals surface area contributed by atoms with Crippen LogP contribution in [0.15, 0.2) is 48.5 Å². The van der Waals surface area contributed by atoms with E-state index in [0.717, 1.165) is 5.75 Å². The zero-order valence-electron chi connectivity index (χ0n) is 10.3. The molecular formula is C14H16O4. The Hall–Kier alpha value is -2.36. The van der Waals surface area contributed by atoms with Crippen molar-refractivity contribution < 1.29 is 19.7 Å². The summed E-state index contributed by atoms with van der Waals surface area (Å²) in [5.74, 6) is 1.71. The number of hydrogen-bond acceptors (Lipinski definition) is 4. The zero-order chi connectivity index (χ0) is 13.4. The fourth-order valence-corrected chi connectivity index (χ4v) is 1.21. The number of para-hydroxylation sites is 2. The second-order valence-corrected chi connectivity index (χ2v) is 3.37. The van der Waals surface area contributed by atoms with E-state index in [2.05, 4.69) is 0 Å². The van der Waals surface area contributed by atoms with Crippen molar-refractivity contribution in [1.29, 1.82) is 0 Å². The quantitative estimate of drug-likeness (QED) is 0.858. The van der Waals surface area contributed by atoms with Gasteiger partial charge in [0.1, 0.15) is 11.5 Å². The highest BCUT2D eigenvalue weighted by Crippen LogP contribution is 2.23. The molecule has 0 bridgehead atoms. The Bertz CT molecular complexity index is 465. The van der Waals surface area contributed by atoms with Crippen molar-refractivity contribution in [1.82, 2.24) is 0 Å². The molecule has 0 heterocycles. The molecule has 4 heteroatoms. The lowest BCUT2D eigenvalue weighted by Gasteiger charge is -1.99. The van der Waals surface area contributed by atoms with Crippen LogP contribution in [0.1, 0.15) is 0 Å². The van der Waals surface area contributed by atoms with Gasteiger partial charge in [0.05, 0.1) is 14.2 Å². The van der Waals surface area contributed by atoms with Crippen LogP contribution in [0.4, 0.5) is 0 Å². The highest BCUT2D eigenvalue weighted by Gasteiger charge is 1.94. The van der Waals surface area contributed by atoms with Crippen molar-refractivity contribution in [3.05, 3.63) is 48.5 Å². The fourth-order valence-electron chi connectivity index (χ4n) is 1.21. The summed E-state index contributed by atoms with van der Waals surface area (Å²) in [6, 6.07) is 13.4. The second-order valence-electron chi connectivity index (χ2n) is 3.37. The molecule has 0 aromatic heterocycles. The zero-order valence-corrected chi connectivity index (χ0v) is 10.3. The van der Waals surface area contributed by atoms with Crippen LogP contribution in [0, 0.1) is 0 Å². The number of phenolic OH excluding ortho intramolecular Hbond substituents is 2. The summed E-state index contributed by atoms with van der Waals surface area (Å²) in [6.07, 6.45) is 0. The minimum absolute atomic E-state index is 0.181. The smallest absolute Gasteiger partial charge is 0.160 e. The van der Waals surface area contributed by atoms with Crippen LogP contribution in [0.2, 0.25) is 0 Å². The van der Waals surface area contributed by atoms with Crippen LogP contribution in [0.25, 0.3) is 0 Å². The number of aromatic hydroxyl groups is 2. The van der Waals surface area contributed by atoms with Crippen molar-refractivity contribution in [3.8, 4) is 23.0 Å². The molecule has 0 radical (unpaired) electrons. The van der Waals surface area contributed by atoms with Crippen LogP contribution in [-0.2, 0) is 0 Å². The Morgan fingerprint density at radius 3 is 1.83 bits per heavy atom. The lowest BCUT2D eigenvalue weighted by atomic mass is 10.3. The topological polar surface area (TPSA) is 58.9 Å². The van der Waals surface area contributed by atoms with E-state index in [-0.39, 0.29) is 11.5 Å². The molecule has 2 aromatic rings. The highest BCUT2D eigenvalue weighted by atomic mass is 16.5. The highest BCUT2D eigenvalue weighted by molar-refractivity contribution is 5.37. The van der Waals surface area contributed by atoms with Gasteiger partial charge in [-0.3, -0.25) is 0 Å². The summed E-state index contributed by atoms with van der Waals surface area (Å²) in [7, 11) is 3.11. The number of rotatable bonds is 2. The van der Waals surface area contributed by atoms with E-state index in [1.807, 2.05) is 0 Å². The molecular weight excluding hydrogens is 232 g/mol. The van der Waals surface area contributed by atoms with E-state index in [1.165, 1.54) is 7.11 Å². The summed E-state index contributed by atoms with van der Waals surface area (Å²) in [6.45, 7) is 0. The molecule has 4 nitrogen and oxygen atoms in total. The van der Waals surface area contributed by atoms with Crippen molar-refractivity contribution in [2.24, 2.45) is 0 Å². The molecule has 2 rings (SSSR count). The molecule has 2 aromatic carbocycles. The lowest BCUT2D eigenvalue weighted by Crippen LogP contribution is -1.80. The van der Waals surface area contributed by atoms with Crippen molar-refractivity contribution in [3.63, 3.8) is 0 Å². The molecule has 0 aliphatic carbocycles. The Morgan fingerprint density at radius 2 is 1.39 bits per heavy atom. The number of phenols is 2. The van der Waals surface area contributed by atoms with Gasteiger partial charge in [0.2, 0.25) is 0 Å². The predicted octanol–water partition coefficient (Wildman–Crippen LogP) is 2.80. The normalized spacial score (nSPS) is 9.00. The van der Waals surface area contributed by atoms with Crippen molar-refractivity contribution in [2.45, 2.75) is 0 Å². The number of benzene rings is 2. The maximum atomic E-state index is 8.99. The van der Waals surface area contributed by atoms with Crippen LogP contribution in [0.3, 0.4) is 0 Å². The number of hydrogen-bond donors (Lipinski definition) is 2. The monoisotopic (exact) mass is 248 g/mol. The third kappa shape index (κ3) is 4.25. The van der Waals surface area contributed by atoms with Gasteiger partial charge < -0.3 is 19.7 Å². The molecule has 0 aliphatic rings. The van der Waals surface area contributed by atoms with Gasteiger partial charge in [-0.2, -0.15) is 0 Å². The van der Waals surface area contributed by atoms with Gasteiger partial charge in [0, 0.05) is 0 Å². The molecule has 0 fully saturated rings. The first kappa shape index (κ1) is 13.7. The minimum Gasteiger partial charge on any atom is -0.508 e. The average Bonchev–Trinajstić information content (AvgIpc) is 2.41. The van der Waals surface area contributed by atoms with E-state index in [9.17, 15) is 0 Å². The Labute approximate surface area is 106 Å². The largest absolute Gasteiger partial charge is 0.508 e. The summed E-state index contributed by atoms with van der Waals surface area (Å²) in [5.41, 5.74) is 0. The van der Waals surface area contributed by atoms with Crippen molar-refractivity contribution >= 4 is 0 Å². The van der Waals surface area contributed by atoms with E-state index in [4.69, 9.17) is 19.7 Å². The van der Waals surface area contributed by atoms with Gasteiger partial charge >= 0.3 is 0 Å². The summed E-state index contributed by atoms with van der Waals surface area (Å²) >= 11 is 0. The van der Waals surface area contributed by atoms with Crippen LogP contribution in [0.5, 0.6) is 23.0 Å². The van der Waals surface area contributed by atoms with E-state index in [1.54, 1.807) is 55.6 Å². The van der Waals surface area contributed by atoms with Crippen molar-refractivity contribution in [2.75, 3.05) is 14.2 Å². The first-order chi connectivity index (χ1) is 8.67. The Kier molecular flexibility index (Phi) is 5.38. The Balaban J connectivity index is 0.000000180. The standard InChI is InChI=1S/2C7H8O2/c1-9-7-4-2-6(8)3-5-7;1-9-7-5-3-2-4-6(7)8/h2*2-5,8H,1H3. The second kappa shape index (κ2) is 7.06. The lowest BCUT2D eigenvalue weighted by molar-refractivity contribution is 0.373. The van der Waals surface area contributed by atoms with Gasteiger partial charge in [-0.25, -0.2) is 0 Å². The summed E-state index contributed by atoms with van der Waals surface area (Å²) < 4.78 is 9.65. The first-order valence-electron chi connectivity index (χ1n) is 5.32. The molecule has 0 unspecified atom stereocenters. The fraction of sp³-hybridized carbons (Fsp3) is 0.143. The van der Waals surface area contributed by atoms with Gasteiger partial charge in [0.15, 0.2) is 11.5 Å². The third-order valence-corrected chi connectivity index (χ3v) is 2.16. The molecule has 0 aliphatic heterocycles. The predicted molar refractivity (Wildman–Crippen MR) is 69.3 cm³/mol. The number of ether oxygens (including phenoxy) is 2. The molecule has 0 amide bonds. The molecule has 0 saturated carbocycles. The molecule has 96 valence electrons. The summed E-state index contributed by atoms with van der Waals surface area (Å²) in [5, 5.41) is 17.8. The van der Waals surface area contributed by atoms with Gasteiger partial charge in [-0.05, 0) is 36.4 Å². The van der Waals surface area contributed by atoms with Gasteiger partial charge in [0.25, 0.3) is 0 Å². The van der Waals surface area contributed by atoms with Gasteiger partial charge in [-0.15, -0.1) is 0 Å². The molecule has 2 N–H and O–H groups in total.